The average molecular weight is 344 g/mol. The summed E-state index contributed by atoms with van der Waals surface area (Å²) in [5.41, 5.74) is 1.48. The Hall–Kier alpha value is -2.89. The van der Waals surface area contributed by atoms with E-state index in [-0.39, 0.29) is 18.7 Å². The normalized spacial score (nSPS) is 12.4. The van der Waals surface area contributed by atoms with Crippen molar-refractivity contribution in [3.05, 3.63) is 60.7 Å². The van der Waals surface area contributed by atoms with Crippen molar-refractivity contribution < 1.29 is 19.1 Å². The number of esters is 1. The van der Waals surface area contributed by atoms with Gasteiger partial charge in [-0.05, 0) is 5.56 Å². The van der Waals surface area contributed by atoms with Crippen molar-refractivity contribution in [2.45, 2.75) is 31.8 Å². The van der Waals surface area contributed by atoms with Crippen LogP contribution in [0.15, 0.2) is 55.1 Å². The number of rotatable bonds is 9. The van der Waals surface area contributed by atoms with Crippen LogP contribution >= 0.6 is 0 Å². The van der Waals surface area contributed by atoms with E-state index in [1.165, 1.54) is 20.1 Å². The van der Waals surface area contributed by atoms with Crippen LogP contribution in [0.1, 0.15) is 18.9 Å². The van der Waals surface area contributed by atoms with Gasteiger partial charge in [0, 0.05) is 19.8 Å². The molecule has 0 saturated carbocycles. The number of allylic oxidation sites excluding steroid dienone is 1. The maximum absolute atomic E-state index is 12.5. The molecule has 0 aliphatic heterocycles. The number of carbonyl (C=O) groups is 3. The molecule has 2 N–H and O–H groups in total. The van der Waals surface area contributed by atoms with E-state index in [1.54, 1.807) is 0 Å². The van der Waals surface area contributed by atoms with Crippen LogP contribution < -0.4 is 10.6 Å². The molecule has 1 aromatic rings. The molecular formula is C19H24N2O4. The van der Waals surface area contributed by atoms with E-state index in [1.807, 2.05) is 30.3 Å². The predicted molar refractivity (Wildman–Crippen MR) is 95.7 cm³/mol. The molecule has 0 spiro atoms. The quantitative estimate of drug-likeness (QED) is 0.525. The van der Waals surface area contributed by atoms with Crippen LogP contribution in [0.4, 0.5) is 0 Å². The van der Waals surface area contributed by atoms with Crippen LogP contribution in [0.2, 0.25) is 0 Å². The Balaban J connectivity index is 2.89. The van der Waals surface area contributed by atoms with Crippen molar-refractivity contribution in [3.8, 4) is 0 Å². The molecule has 134 valence electrons. The summed E-state index contributed by atoms with van der Waals surface area (Å²) in [5, 5.41) is 5.21. The molecule has 0 aliphatic carbocycles. The molecule has 6 nitrogen and oxygen atoms in total. The standard InChI is InChI=1S/C19H24N2O4/c1-5-13(2)11-16(20-14(3)22)18(23)21-17(19(24)25-4)12-15-9-7-6-8-10-15/h5-10,16-17H,1-2,11-12H2,3-4H3,(H,20,22)(H,21,23)/t16-,17-/m0/s1. The van der Waals surface area contributed by atoms with Crippen molar-refractivity contribution in [1.82, 2.24) is 10.6 Å². The van der Waals surface area contributed by atoms with E-state index in [0.717, 1.165) is 5.56 Å². The van der Waals surface area contributed by atoms with E-state index in [0.29, 0.717) is 5.57 Å². The van der Waals surface area contributed by atoms with Crippen molar-refractivity contribution in [2.24, 2.45) is 0 Å². The molecule has 2 amide bonds. The first-order valence-electron chi connectivity index (χ1n) is 7.86. The highest BCUT2D eigenvalue weighted by Crippen LogP contribution is 2.08. The Kier molecular flexibility index (Phi) is 8.12. The third-order valence-corrected chi connectivity index (χ3v) is 3.53. The molecule has 0 aromatic heterocycles. The van der Waals surface area contributed by atoms with Crippen LogP contribution in [0.5, 0.6) is 0 Å². The van der Waals surface area contributed by atoms with Gasteiger partial charge in [-0.25, -0.2) is 4.79 Å². The van der Waals surface area contributed by atoms with E-state index in [4.69, 9.17) is 4.74 Å². The molecule has 0 aliphatic rings. The SMILES string of the molecule is C=CC(=C)C[C@H](NC(C)=O)C(=O)N[C@@H](Cc1ccccc1)C(=O)OC. The number of nitrogens with one attached hydrogen (secondary N) is 2. The number of benzene rings is 1. The molecule has 0 unspecified atom stereocenters. The molecule has 0 radical (unpaired) electrons. The van der Waals surface area contributed by atoms with E-state index in [2.05, 4.69) is 23.8 Å². The minimum Gasteiger partial charge on any atom is -0.467 e. The lowest BCUT2D eigenvalue weighted by Gasteiger charge is -2.22. The summed E-state index contributed by atoms with van der Waals surface area (Å²) in [6.45, 7) is 8.67. The van der Waals surface area contributed by atoms with E-state index >= 15 is 0 Å². The second-order valence-electron chi connectivity index (χ2n) is 5.59. The topological polar surface area (TPSA) is 84.5 Å². The van der Waals surface area contributed by atoms with E-state index in [9.17, 15) is 14.4 Å². The lowest BCUT2D eigenvalue weighted by Crippen LogP contribution is -2.52. The monoisotopic (exact) mass is 344 g/mol. The Bertz CT molecular complexity index is 640. The number of carbonyl (C=O) groups excluding carboxylic acids is 3. The fourth-order valence-corrected chi connectivity index (χ4v) is 2.26. The second-order valence-corrected chi connectivity index (χ2v) is 5.59. The maximum Gasteiger partial charge on any atom is 0.328 e. The highest BCUT2D eigenvalue weighted by Gasteiger charge is 2.27. The van der Waals surface area contributed by atoms with Crippen LogP contribution in [-0.2, 0) is 25.5 Å². The number of hydrogen-bond acceptors (Lipinski definition) is 4. The highest BCUT2D eigenvalue weighted by molar-refractivity contribution is 5.90. The van der Waals surface area contributed by atoms with Crippen molar-refractivity contribution in [1.29, 1.82) is 0 Å². The summed E-state index contributed by atoms with van der Waals surface area (Å²) in [6.07, 6.45) is 2.01. The summed E-state index contributed by atoms with van der Waals surface area (Å²) in [5.74, 6) is -1.39. The first kappa shape index (κ1) is 20.2. The molecule has 2 atom stereocenters. The van der Waals surface area contributed by atoms with Crippen molar-refractivity contribution in [3.63, 3.8) is 0 Å². The smallest absolute Gasteiger partial charge is 0.328 e. The van der Waals surface area contributed by atoms with Crippen molar-refractivity contribution >= 4 is 17.8 Å². The largest absolute Gasteiger partial charge is 0.467 e. The molecule has 6 heteroatoms. The van der Waals surface area contributed by atoms with Gasteiger partial charge >= 0.3 is 5.97 Å². The van der Waals surface area contributed by atoms with Gasteiger partial charge in [-0.15, -0.1) is 0 Å². The van der Waals surface area contributed by atoms with Gasteiger partial charge in [-0.2, -0.15) is 0 Å². The molecule has 0 bridgehead atoms. The fourth-order valence-electron chi connectivity index (χ4n) is 2.26. The zero-order valence-electron chi connectivity index (χ0n) is 14.6. The van der Waals surface area contributed by atoms with Crippen molar-refractivity contribution in [2.75, 3.05) is 7.11 Å². The Labute approximate surface area is 147 Å². The predicted octanol–water partition coefficient (Wildman–Crippen LogP) is 1.52. The number of amides is 2. The minimum atomic E-state index is -0.854. The molecule has 1 rings (SSSR count). The van der Waals surface area contributed by atoms with Gasteiger partial charge in [0.15, 0.2) is 0 Å². The number of methoxy groups -OCH3 is 1. The van der Waals surface area contributed by atoms with Crippen LogP contribution in [-0.4, -0.2) is 37.0 Å². The zero-order valence-corrected chi connectivity index (χ0v) is 14.6. The lowest BCUT2D eigenvalue weighted by atomic mass is 10.0. The van der Waals surface area contributed by atoms with Gasteiger partial charge in [0.2, 0.25) is 11.8 Å². The van der Waals surface area contributed by atoms with Crippen LogP contribution in [0.25, 0.3) is 0 Å². The Morgan fingerprint density at radius 1 is 1.16 bits per heavy atom. The number of ether oxygens (including phenoxy) is 1. The first-order chi connectivity index (χ1) is 11.9. The Morgan fingerprint density at radius 2 is 1.80 bits per heavy atom. The maximum atomic E-state index is 12.5. The first-order valence-corrected chi connectivity index (χ1v) is 7.86. The number of hydrogen-bond donors (Lipinski definition) is 2. The second kappa shape index (κ2) is 10.1. The molecule has 0 heterocycles. The molecule has 0 saturated heterocycles. The van der Waals surface area contributed by atoms with Gasteiger partial charge in [-0.3, -0.25) is 9.59 Å². The summed E-state index contributed by atoms with van der Waals surface area (Å²) in [7, 11) is 1.26. The average Bonchev–Trinajstić information content (AvgIpc) is 2.60. The van der Waals surface area contributed by atoms with Crippen LogP contribution in [0.3, 0.4) is 0 Å². The molecular weight excluding hydrogens is 320 g/mol. The van der Waals surface area contributed by atoms with E-state index < -0.39 is 24.0 Å². The lowest BCUT2D eigenvalue weighted by molar-refractivity contribution is -0.145. The van der Waals surface area contributed by atoms with Gasteiger partial charge < -0.3 is 15.4 Å². The third kappa shape index (κ3) is 7.03. The summed E-state index contributed by atoms with van der Waals surface area (Å²) in [6, 6.07) is 7.57. The highest BCUT2D eigenvalue weighted by atomic mass is 16.5. The van der Waals surface area contributed by atoms with Gasteiger partial charge in [0.1, 0.15) is 12.1 Å². The zero-order chi connectivity index (χ0) is 18.8. The third-order valence-electron chi connectivity index (χ3n) is 3.53. The van der Waals surface area contributed by atoms with Gasteiger partial charge in [0.25, 0.3) is 0 Å². The Morgan fingerprint density at radius 3 is 2.32 bits per heavy atom. The van der Waals surface area contributed by atoms with Gasteiger partial charge in [-0.1, -0.05) is 55.1 Å². The minimum absolute atomic E-state index is 0.203. The van der Waals surface area contributed by atoms with Gasteiger partial charge in [0.05, 0.1) is 7.11 Å². The fraction of sp³-hybridized carbons (Fsp3) is 0.316. The molecule has 0 fully saturated rings. The summed E-state index contributed by atoms with van der Waals surface area (Å²) < 4.78 is 4.77. The molecule has 25 heavy (non-hydrogen) atoms. The summed E-state index contributed by atoms with van der Waals surface area (Å²) in [4.78, 5) is 35.9. The summed E-state index contributed by atoms with van der Waals surface area (Å²) >= 11 is 0. The van der Waals surface area contributed by atoms with Crippen LogP contribution in [0, 0.1) is 0 Å². The molecule has 1 aromatic carbocycles.